The predicted molar refractivity (Wildman–Crippen MR) is 71.0 cm³/mol. The molecule has 2 nitrogen and oxygen atoms in total. The normalized spacial score (nSPS) is 28.4. The first-order valence-corrected chi connectivity index (χ1v) is 6.47. The fourth-order valence-electron chi connectivity index (χ4n) is 2.73. The molecule has 0 radical (unpaired) electrons. The molecular formula is C15H17FN2. The highest BCUT2D eigenvalue weighted by atomic mass is 19.1. The SMILES string of the molecule is NC1CCC(F)(c2ccc3cccnc3c2)CC1. The monoisotopic (exact) mass is 244 g/mol. The lowest BCUT2D eigenvalue weighted by Gasteiger charge is -2.32. The highest BCUT2D eigenvalue weighted by Gasteiger charge is 2.36. The minimum atomic E-state index is -1.22. The fourth-order valence-corrected chi connectivity index (χ4v) is 2.73. The average molecular weight is 244 g/mol. The van der Waals surface area contributed by atoms with E-state index in [1.165, 1.54) is 0 Å². The van der Waals surface area contributed by atoms with Gasteiger partial charge in [0, 0.05) is 17.6 Å². The highest BCUT2D eigenvalue weighted by molar-refractivity contribution is 5.79. The Morgan fingerprint density at radius 2 is 2.00 bits per heavy atom. The van der Waals surface area contributed by atoms with Gasteiger partial charge in [-0.05, 0) is 43.4 Å². The first-order valence-electron chi connectivity index (χ1n) is 6.47. The molecule has 0 aliphatic heterocycles. The van der Waals surface area contributed by atoms with E-state index in [9.17, 15) is 4.39 Å². The summed E-state index contributed by atoms with van der Waals surface area (Å²) in [4.78, 5) is 4.29. The fraction of sp³-hybridized carbons (Fsp3) is 0.400. The first-order chi connectivity index (χ1) is 8.67. The van der Waals surface area contributed by atoms with Crippen molar-refractivity contribution in [3.05, 3.63) is 42.1 Å². The van der Waals surface area contributed by atoms with Crippen LogP contribution >= 0.6 is 0 Å². The average Bonchev–Trinajstić information content (AvgIpc) is 2.42. The third-order valence-electron chi connectivity index (χ3n) is 3.95. The molecule has 2 aromatic rings. The molecule has 1 fully saturated rings. The molecule has 0 saturated heterocycles. The van der Waals surface area contributed by atoms with Crippen LogP contribution in [0.15, 0.2) is 36.5 Å². The van der Waals surface area contributed by atoms with Crippen molar-refractivity contribution in [2.24, 2.45) is 5.73 Å². The molecule has 0 spiro atoms. The van der Waals surface area contributed by atoms with Gasteiger partial charge >= 0.3 is 0 Å². The summed E-state index contributed by atoms with van der Waals surface area (Å²) < 4.78 is 14.9. The summed E-state index contributed by atoms with van der Waals surface area (Å²) in [6.45, 7) is 0. The van der Waals surface area contributed by atoms with Gasteiger partial charge < -0.3 is 5.73 Å². The van der Waals surface area contributed by atoms with Gasteiger partial charge in [-0.25, -0.2) is 4.39 Å². The smallest absolute Gasteiger partial charge is 0.136 e. The Labute approximate surface area is 106 Å². The molecular weight excluding hydrogens is 227 g/mol. The van der Waals surface area contributed by atoms with Gasteiger partial charge in [0.2, 0.25) is 0 Å². The van der Waals surface area contributed by atoms with Crippen molar-refractivity contribution in [2.75, 3.05) is 0 Å². The molecule has 18 heavy (non-hydrogen) atoms. The molecule has 1 aliphatic carbocycles. The molecule has 1 aliphatic rings. The lowest BCUT2D eigenvalue weighted by Crippen LogP contribution is -2.33. The first kappa shape index (κ1) is 11.6. The van der Waals surface area contributed by atoms with Crippen LogP contribution in [-0.2, 0) is 5.67 Å². The number of nitrogens with two attached hydrogens (primary N) is 1. The Bertz CT molecular complexity index is 559. The van der Waals surface area contributed by atoms with Crippen molar-refractivity contribution >= 4 is 10.9 Å². The van der Waals surface area contributed by atoms with Gasteiger partial charge in [0.25, 0.3) is 0 Å². The maximum Gasteiger partial charge on any atom is 0.136 e. The molecule has 2 N–H and O–H groups in total. The third kappa shape index (κ3) is 1.99. The van der Waals surface area contributed by atoms with Crippen LogP contribution in [0.4, 0.5) is 4.39 Å². The second-order valence-electron chi connectivity index (χ2n) is 5.21. The van der Waals surface area contributed by atoms with Crippen molar-refractivity contribution in [1.82, 2.24) is 4.98 Å². The van der Waals surface area contributed by atoms with Gasteiger partial charge in [-0.2, -0.15) is 0 Å². The van der Waals surface area contributed by atoms with E-state index in [-0.39, 0.29) is 6.04 Å². The quantitative estimate of drug-likeness (QED) is 0.836. The zero-order valence-electron chi connectivity index (χ0n) is 10.3. The van der Waals surface area contributed by atoms with Crippen molar-refractivity contribution in [1.29, 1.82) is 0 Å². The van der Waals surface area contributed by atoms with Gasteiger partial charge in [-0.1, -0.05) is 18.2 Å². The third-order valence-corrected chi connectivity index (χ3v) is 3.95. The molecule has 3 heteroatoms. The Morgan fingerprint density at radius 3 is 2.78 bits per heavy atom. The van der Waals surface area contributed by atoms with Crippen molar-refractivity contribution in [3.63, 3.8) is 0 Å². The zero-order valence-corrected chi connectivity index (χ0v) is 10.3. The molecule has 0 bridgehead atoms. The molecule has 0 atom stereocenters. The zero-order chi connectivity index (χ0) is 12.6. The summed E-state index contributed by atoms with van der Waals surface area (Å²) in [6.07, 6.45) is 4.31. The number of fused-ring (bicyclic) bond motifs is 1. The van der Waals surface area contributed by atoms with Gasteiger partial charge in [0.15, 0.2) is 0 Å². The Balaban J connectivity index is 1.98. The van der Waals surface area contributed by atoms with E-state index in [4.69, 9.17) is 5.73 Å². The van der Waals surface area contributed by atoms with E-state index < -0.39 is 5.67 Å². The van der Waals surface area contributed by atoms with Gasteiger partial charge in [-0.3, -0.25) is 4.98 Å². The van der Waals surface area contributed by atoms with Crippen LogP contribution in [0.1, 0.15) is 31.2 Å². The summed E-state index contributed by atoms with van der Waals surface area (Å²) in [6, 6.07) is 9.77. The van der Waals surface area contributed by atoms with E-state index >= 15 is 0 Å². The molecule has 1 heterocycles. The summed E-state index contributed by atoms with van der Waals surface area (Å²) in [5.74, 6) is 0. The van der Waals surface area contributed by atoms with Gasteiger partial charge in [0.1, 0.15) is 5.67 Å². The summed E-state index contributed by atoms with van der Waals surface area (Å²) in [5.41, 5.74) is 6.24. The van der Waals surface area contributed by atoms with Crippen LogP contribution in [0.5, 0.6) is 0 Å². The number of nitrogens with zero attached hydrogens (tertiary/aromatic N) is 1. The number of benzene rings is 1. The van der Waals surface area contributed by atoms with E-state index in [1.807, 2.05) is 30.3 Å². The minimum absolute atomic E-state index is 0.160. The van der Waals surface area contributed by atoms with E-state index in [2.05, 4.69) is 4.98 Å². The summed E-state index contributed by atoms with van der Waals surface area (Å²) in [5, 5.41) is 1.05. The van der Waals surface area contributed by atoms with Crippen LogP contribution in [0.3, 0.4) is 0 Å². The van der Waals surface area contributed by atoms with Crippen LogP contribution in [-0.4, -0.2) is 11.0 Å². The maximum atomic E-state index is 14.9. The number of halogens is 1. The van der Waals surface area contributed by atoms with Crippen molar-refractivity contribution in [2.45, 2.75) is 37.4 Å². The van der Waals surface area contributed by atoms with Crippen molar-refractivity contribution < 1.29 is 4.39 Å². The second kappa shape index (κ2) is 4.32. The molecule has 0 unspecified atom stereocenters. The summed E-state index contributed by atoms with van der Waals surface area (Å²) in [7, 11) is 0. The predicted octanol–water partition coefficient (Wildman–Crippen LogP) is 3.30. The van der Waals surface area contributed by atoms with E-state index in [0.717, 1.165) is 29.3 Å². The molecule has 1 aromatic heterocycles. The van der Waals surface area contributed by atoms with Crippen LogP contribution in [0, 0.1) is 0 Å². The van der Waals surface area contributed by atoms with Gasteiger partial charge in [-0.15, -0.1) is 0 Å². The number of hydrogen-bond donors (Lipinski definition) is 1. The topological polar surface area (TPSA) is 38.9 Å². The van der Waals surface area contributed by atoms with Crippen LogP contribution < -0.4 is 5.73 Å². The number of aromatic nitrogens is 1. The molecule has 1 saturated carbocycles. The Hall–Kier alpha value is -1.48. The number of alkyl halides is 1. The molecule has 3 rings (SSSR count). The van der Waals surface area contributed by atoms with E-state index in [1.54, 1.807) is 6.20 Å². The van der Waals surface area contributed by atoms with Gasteiger partial charge in [0.05, 0.1) is 5.52 Å². The maximum absolute atomic E-state index is 14.9. The molecule has 94 valence electrons. The van der Waals surface area contributed by atoms with E-state index in [0.29, 0.717) is 12.8 Å². The number of rotatable bonds is 1. The molecule has 0 amide bonds. The lowest BCUT2D eigenvalue weighted by molar-refractivity contribution is 0.0980. The largest absolute Gasteiger partial charge is 0.328 e. The number of hydrogen-bond acceptors (Lipinski definition) is 2. The van der Waals surface area contributed by atoms with Crippen LogP contribution in [0.25, 0.3) is 10.9 Å². The van der Waals surface area contributed by atoms with Crippen LogP contribution in [0.2, 0.25) is 0 Å². The summed E-state index contributed by atoms with van der Waals surface area (Å²) >= 11 is 0. The Morgan fingerprint density at radius 1 is 1.22 bits per heavy atom. The highest BCUT2D eigenvalue weighted by Crippen LogP contribution is 2.40. The lowest BCUT2D eigenvalue weighted by atomic mass is 9.79. The second-order valence-corrected chi connectivity index (χ2v) is 5.21. The molecule has 1 aromatic carbocycles. The Kier molecular flexibility index (Phi) is 2.78. The standard InChI is InChI=1S/C15H17FN2/c16-15(7-5-13(17)6-8-15)12-4-3-11-2-1-9-18-14(11)10-12/h1-4,9-10,13H,5-8,17H2. The number of pyridine rings is 1. The van der Waals surface area contributed by atoms with Crippen molar-refractivity contribution in [3.8, 4) is 0 Å². The minimum Gasteiger partial charge on any atom is -0.328 e.